The Kier molecular flexibility index (Phi) is 3.13. The molecule has 0 radical (unpaired) electrons. The Bertz CT molecular complexity index is 777. The van der Waals surface area contributed by atoms with Gasteiger partial charge < -0.3 is 5.32 Å². The average molecular weight is 275 g/mol. The number of fused-ring (bicyclic) bond motifs is 2. The zero-order chi connectivity index (χ0) is 14.1. The molecule has 1 aromatic carbocycles. The van der Waals surface area contributed by atoms with E-state index in [0.717, 1.165) is 24.9 Å². The first kappa shape index (κ1) is 12.5. The van der Waals surface area contributed by atoms with E-state index in [-0.39, 0.29) is 0 Å². The highest BCUT2D eigenvalue weighted by molar-refractivity contribution is 5.81. The maximum absolute atomic E-state index is 4.54. The summed E-state index contributed by atoms with van der Waals surface area (Å²) in [6.07, 6.45) is 6.00. The number of pyridine rings is 2. The summed E-state index contributed by atoms with van der Waals surface area (Å²) in [6, 6.07) is 15.0. The lowest BCUT2D eigenvalue weighted by Gasteiger charge is -2.14. The minimum atomic E-state index is 0.361. The Hall–Kier alpha value is -2.26. The first-order chi connectivity index (χ1) is 10.4. The average Bonchev–Trinajstić information content (AvgIpc) is 2.96. The molecule has 104 valence electrons. The van der Waals surface area contributed by atoms with Crippen molar-refractivity contribution in [2.45, 2.75) is 25.4 Å². The van der Waals surface area contributed by atoms with E-state index in [9.17, 15) is 0 Å². The van der Waals surface area contributed by atoms with Crippen molar-refractivity contribution in [1.82, 2.24) is 15.3 Å². The van der Waals surface area contributed by atoms with Crippen LogP contribution in [-0.2, 0) is 13.0 Å². The minimum Gasteiger partial charge on any atom is -0.304 e. The zero-order valence-corrected chi connectivity index (χ0v) is 11.8. The molecule has 1 aliphatic carbocycles. The molecular weight excluding hydrogens is 258 g/mol. The summed E-state index contributed by atoms with van der Waals surface area (Å²) in [5.74, 6) is 0. The fourth-order valence-corrected chi connectivity index (χ4v) is 3.15. The van der Waals surface area contributed by atoms with E-state index in [0.29, 0.717) is 6.04 Å². The lowest BCUT2D eigenvalue weighted by atomic mass is 10.1. The Balaban J connectivity index is 1.57. The summed E-state index contributed by atoms with van der Waals surface area (Å²) >= 11 is 0. The molecule has 0 aliphatic heterocycles. The van der Waals surface area contributed by atoms with Crippen molar-refractivity contribution in [2.24, 2.45) is 0 Å². The maximum Gasteiger partial charge on any atom is 0.0746 e. The third kappa shape index (κ3) is 2.30. The second kappa shape index (κ2) is 5.26. The van der Waals surface area contributed by atoms with Gasteiger partial charge in [-0.15, -0.1) is 0 Å². The molecule has 1 unspecified atom stereocenters. The fourth-order valence-electron chi connectivity index (χ4n) is 3.15. The Morgan fingerprint density at radius 3 is 2.86 bits per heavy atom. The van der Waals surface area contributed by atoms with Crippen LogP contribution in [0.3, 0.4) is 0 Å². The van der Waals surface area contributed by atoms with Gasteiger partial charge in [0.25, 0.3) is 0 Å². The topological polar surface area (TPSA) is 37.8 Å². The molecule has 0 saturated carbocycles. The molecule has 0 fully saturated rings. The predicted octanol–water partition coefficient (Wildman–Crippen LogP) is 3.41. The molecule has 0 amide bonds. The number of hydrogen-bond acceptors (Lipinski definition) is 3. The van der Waals surface area contributed by atoms with Gasteiger partial charge in [0.05, 0.1) is 17.3 Å². The lowest BCUT2D eigenvalue weighted by molar-refractivity contribution is 0.522. The molecule has 1 aliphatic rings. The van der Waals surface area contributed by atoms with Crippen LogP contribution in [0.5, 0.6) is 0 Å². The standard InChI is InChI=1S/C18H17N3/c1-4-13-6-2-10-19-17(13)15(5-1)12-21-16-9-8-14-7-3-11-20-18(14)16/h1-7,10-11,16,21H,8-9,12H2. The molecule has 2 aromatic heterocycles. The van der Waals surface area contributed by atoms with E-state index in [2.05, 4.69) is 45.6 Å². The lowest BCUT2D eigenvalue weighted by Crippen LogP contribution is -2.19. The van der Waals surface area contributed by atoms with E-state index in [1.165, 1.54) is 22.2 Å². The molecule has 21 heavy (non-hydrogen) atoms. The smallest absolute Gasteiger partial charge is 0.0746 e. The van der Waals surface area contributed by atoms with Gasteiger partial charge >= 0.3 is 0 Å². The van der Waals surface area contributed by atoms with Gasteiger partial charge in [-0.2, -0.15) is 0 Å². The van der Waals surface area contributed by atoms with Gasteiger partial charge in [0.1, 0.15) is 0 Å². The van der Waals surface area contributed by atoms with E-state index in [1.54, 1.807) is 0 Å². The van der Waals surface area contributed by atoms with Crippen molar-refractivity contribution in [3.8, 4) is 0 Å². The van der Waals surface area contributed by atoms with Crippen molar-refractivity contribution in [3.63, 3.8) is 0 Å². The van der Waals surface area contributed by atoms with Gasteiger partial charge in [-0.1, -0.05) is 30.3 Å². The highest BCUT2D eigenvalue weighted by Crippen LogP contribution is 2.29. The van der Waals surface area contributed by atoms with Crippen LogP contribution in [0.1, 0.15) is 29.3 Å². The van der Waals surface area contributed by atoms with Gasteiger partial charge in [0, 0.05) is 24.3 Å². The highest BCUT2D eigenvalue weighted by atomic mass is 14.9. The van der Waals surface area contributed by atoms with Crippen LogP contribution in [0.15, 0.2) is 54.9 Å². The summed E-state index contributed by atoms with van der Waals surface area (Å²) in [6.45, 7) is 0.828. The number of aromatic nitrogens is 2. The van der Waals surface area contributed by atoms with Crippen molar-refractivity contribution in [2.75, 3.05) is 0 Å². The Morgan fingerprint density at radius 2 is 1.86 bits per heavy atom. The first-order valence-corrected chi connectivity index (χ1v) is 7.41. The largest absolute Gasteiger partial charge is 0.304 e. The second-order valence-corrected chi connectivity index (χ2v) is 5.51. The van der Waals surface area contributed by atoms with E-state index in [1.807, 2.05) is 24.5 Å². The van der Waals surface area contributed by atoms with Gasteiger partial charge in [0.15, 0.2) is 0 Å². The summed E-state index contributed by atoms with van der Waals surface area (Å²) in [5.41, 5.74) is 4.93. The number of rotatable bonds is 3. The van der Waals surface area contributed by atoms with Gasteiger partial charge in [-0.25, -0.2) is 0 Å². The van der Waals surface area contributed by atoms with Crippen LogP contribution < -0.4 is 5.32 Å². The maximum atomic E-state index is 4.54. The second-order valence-electron chi connectivity index (χ2n) is 5.51. The predicted molar refractivity (Wildman–Crippen MR) is 83.9 cm³/mol. The molecular formula is C18H17N3. The Morgan fingerprint density at radius 1 is 1.00 bits per heavy atom. The van der Waals surface area contributed by atoms with Crippen LogP contribution in [0, 0.1) is 0 Å². The molecule has 2 heterocycles. The third-order valence-corrected chi connectivity index (χ3v) is 4.21. The van der Waals surface area contributed by atoms with Crippen molar-refractivity contribution in [3.05, 3.63) is 71.7 Å². The first-order valence-electron chi connectivity index (χ1n) is 7.41. The molecule has 1 atom stereocenters. The molecule has 4 rings (SSSR count). The van der Waals surface area contributed by atoms with Crippen LogP contribution in [0.25, 0.3) is 10.9 Å². The molecule has 3 heteroatoms. The van der Waals surface area contributed by atoms with Crippen molar-refractivity contribution >= 4 is 10.9 Å². The van der Waals surface area contributed by atoms with E-state index in [4.69, 9.17) is 0 Å². The van der Waals surface area contributed by atoms with Crippen molar-refractivity contribution in [1.29, 1.82) is 0 Å². The minimum absolute atomic E-state index is 0.361. The summed E-state index contributed by atoms with van der Waals surface area (Å²) in [5, 5.41) is 4.84. The van der Waals surface area contributed by atoms with Gasteiger partial charge in [0.2, 0.25) is 0 Å². The number of para-hydroxylation sites is 1. The van der Waals surface area contributed by atoms with Crippen LogP contribution in [-0.4, -0.2) is 9.97 Å². The monoisotopic (exact) mass is 275 g/mol. The molecule has 3 nitrogen and oxygen atoms in total. The van der Waals surface area contributed by atoms with Crippen LogP contribution in [0.2, 0.25) is 0 Å². The zero-order valence-electron chi connectivity index (χ0n) is 11.8. The number of aryl methyl sites for hydroxylation is 1. The summed E-state index contributed by atoms with van der Waals surface area (Å²) < 4.78 is 0. The fraction of sp³-hybridized carbons (Fsp3) is 0.222. The number of nitrogens with one attached hydrogen (secondary N) is 1. The number of benzene rings is 1. The third-order valence-electron chi connectivity index (χ3n) is 4.21. The summed E-state index contributed by atoms with van der Waals surface area (Å²) in [7, 11) is 0. The number of hydrogen-bond donors (Lipinski definition) is 1. The summed E-state index contributed by atoms with van der Waals surface area (Å²) in [4.78, 5) is 9.05. The highest BCUT2D eigenvalue weighted by Gasteiger charge is 2.22. The SMILES string of the molecule is c1cnc2c(c1)CCC2NCc1cccc2cccnc12. The van der Waals surface area contributed by atoms with Crippen LogP contribution in [0.4, 0.5) is 0 Å². The molecule has 0 spiro atoms. The van der Waals surface area contributed by atoms with Crippen molar-refractivity contribution < 1.29 is 0 Å². The molecule has 3 aromatic rings. The van der Waals surface area contributed by atoms with Gasteiger partial charge in [-0.3, -0.25) is 9.97 Å². The molecule has 1 N–H and O–H groups in total. The number of nitrogens with zero attached hydrogens (tertiary/aromatic N) is 2. The normalized spacial score (nSPS) is 17.0. The Labute approximate surface area is 124 Å². The quantitative estimate of drug-likeness (QED) is 0.796. The van der Waals surface area contributed by atoms with E-state index >= 15 is 0 Å². The molecule has 0 bridgehead atoms. The molecule has 0 saturated heterocycles. The van der Waals surface area contributed by atoms with E-state index < -0.39 is 0 Å². The van der Waals surface area contributed by atoms with Gasteiger partial charge in [-0.05, 0) is 36.1 Å². The van der Waals surface area contributed by atoms with Crippen LogP contribution >= 0.6 is 0 Å².